The topological polar surface area (TPSA) is 55.4 Å². The molecule has 8 heteroatoms. The lowest BCUT2D eigenvalue weighted by molar-refractivity contribution is -0.156. The largest absolute Gasteiger partial charge is 0.447 e. The van der Waals surface area contributed by atoms with Gasteiger partial charge in [-0.25, -0.2) is 0 Å². The number of rotatable bonds is 5. The lowest BCUT2D eigenvalue weighted by atomic mass is 10.1. The van der Waals surface area contributed by atoms with Crippen molar-refractivity contribution < 1.29 is 27.5 Å². The number of amides is 1. The van der Waals surface area contributed by atoms with Gasteiger partial charge in [0.25, 0.3) is 5.91 Å². The zero-order valence-corrected chi connectivity index (χ0v) is 15.6. The van der Waals surface area contributed by atoms with Crippen molar-refractivity contribution in [1.82, 2.24) is 0 Å². The molecule has 28 heavy (non-hydrogen) atoms. The molecule has 3 rings (SSSR count). The van der Waals surface area contributed by atoms with E-state index in [1.54, 1.807) is 30.3 Å². The fourth-order valence-corrected chi connectivity index (χ4v) is 2.92. The summed E-state index contributed by atoms with van der Waals surface area (Å²) in [5.74, 6) is -1.37. The lowest BCUT2D eigenvalue weighted by Crippen LogP contribution is -2.27. The van der Waals surface area contributed by atoms with Gasteiger partial charge in [-0.2, -0.15) is 13.2 Å². The van der Waals surface area contributed by atoms with Crippen LogP contribution in [-0.4, -0.2) is 11.9 Å². The standard InChI is InChI=1S/C20H17ClF3NO3/c1-11-9-14(11)19(27)28-17(12-5-3-2-4-6-12)18(26)25-16-10-13(20(22,23)24)7-8-15(16)21/h2-8,10-11,14,17H,9H2,1H3,(H,25,26)/t11-,14-,17-/m0/s1. The molecule has 1 N–H and O–H groups in total. The minimum absolute atomic E-state index is 0.0599. The summed E-state index contributed by atoms with van der Waals surface area (Å²) in [5.41, 5.74) is -0.754. The number of carbonyl (C=O) groups is 2. The fourth-order valence-electron chi connectivity index (χ4n) is 2.75. The fraction of sp³-hybridized carbons (Fsp3) is 0.300. The maximum Gasteiger partial charge on any atom is 0.416 e. The molecule has 0 heterocycles. The number of alkyl halides is 3. The van der Waals surface area contributed by atoms with Crippen LogP contribution in [0.25, 0.3) is 0 Å². The molecule has 1 saturated carbocycles. The van der Waals surface area contributed by atoms with Gasteiger partial charge >= 0.3 is 12.1 Å². The van der Waals surface area contributed by atoms with Crippen molar-refractivity contribution in [2.24, 2.45) is 11.8 Å². The van der Waals surface area contributed by atoms with E-state index in [-0.39, 0.29) is 22.5 Å². The highest BCUT2D eigenvalue weighted by Crippen LogP contribution is 2.40. The molecule has 3 atom stereocenters. The number of hydrogen-bond acceptors (Lipinski definition) is 3. The third-order valence-corrected chi connectivity index (χ3v) is 4.87. The van der Waals surface area contributed by atoms with Gasteiger partial charge in [0.05, 0.1) is 22.2 Å². The van der Waals surface area contributed by atoms with E-state index >= 15 is 0 Å². The SMILES string of the molecule is C[C@H]1C[C@@H]1C(=O)O[C@H](C(=O)Nc1cc(C(F)(F)F)ccc1Cl)c1ccccc1. The van der Waals surface area contributed by atoms with E-state index in [9.17, 15) is 22.8 Å². The Kier molecular flexibility index (Phi) is 5.65. The maximum absolute atomic E-state index is 12.9. The van der Waals surface area contributed by atoms with Crippen LogP contribution in [0.5, 0.6) is 0 Å². The van der Waals surface area contributed by atoms with E-state index in [0.717, 1.165) is 18.2 Å². The highest BCUT2D eigenvalue weighted by molar-refractivity contribution is 6.33. The summed E-state index contributed by atoms with van der Waals surface area (Å²) in [5, 5.41) is 2.29. The first-order valence-electron chi connectivity index (χ1n) is 8.60. The molecule has 0 aliphatic heterocycles. The Balaban J connectivity index is 1.84. The van der Waals surface area contributed by atoms with Gasteiger partial charge in [0.15, 0.2) is 0 Å². The molecule has 0 saturated heterocycles. The van der Waals surface area contributed by atoms with Gasteiger partial charge in [-0.05, 0) is 30.5 Å². The number of carbonyl (C=O) groups excluding carboxylic acids is 2. The molecule has 1 aliphatic carbocycles. The zero-order chi connectivity index (χ0) is 20.5. The predicted molar refractivity (Wildman–Crippen MR) is 97.6 cm³/mol. The molecule has 0 radical (unpaired) electrons. The summed E-state index contributed by atoms with van der Waals surface area (Å²) < 4.78 is 44.2. The molecule has 1 amide bonds. The normalized spacial score (nSPS) is 19.6. The first kappa shape index (κ1) is 20.2. The van der Waals surface area contributed by atoms with Gasteiger partial charge in [0.2, 0.25) is 6.10 Å². The molecule has 0 spiro atoms. The second kappa shape index (κ2) is 7.83. The van der Waals surface area contributed by atoms with E-state index in [0.29, 0.717) is 12.0 Å². The summed E-state index contributed by atoms with van der Waals surface area (Å²) in [4.78, 5) is 25.0. The van der Waals surface area contributed by atoms with E-state index in [2.05, 4.69) is 5.32 Å². The minimum atomic E-state index is -4.59. The molecule has 148 valence electrons. The second-order valence-corrected chi connectivity index (χ2v) is 7.14. The quantitative estimate of drug-likeness (QED) is 0.685. The third kappa shape index (κ3) is 4.65. The molecular weight excluding hydrogens is 395 g/mol. The predicted octanol–water partition coefficient (Wildman–Crippen LogP) is 5.24. The van der Waals surface area contributed by atoms with E-state index in [1.165, 1.54) is 0 Å². The Bertz CT molecular complexity index is 886. The van der Waals surface area contributed by atoms with Crippen molar-refractivity contribution in [1.29, 1.82) is 0 Å². The number of ether oxygens (including phenoxy) is 1. The van der Waals surface area contributed by atoms with Crippen LogP contribution in [0.4, 0.5) is 18.9 Å². The van der Waals surface area contributed by atoms with Gasteiger partial charge in [0, 0.05) is 5.56 Å². The number of nitrogens with one attached hydrogen (secondary N) is 1. The van der Waals surface area contributed by atoms with Gasteiger partial charge in [0.1, 0.15) is 0 Å². The number of esters is 1. The van der Waals surface area contributed by atoms with Crippen LogP contribution >= 0.6 is 11.6 Å². The van der Waals surface area contributed by atoms with Gasteiger partial charge < -0.3 is 10.1 Å². The van der Waals surface area contributed by atoms with Crippen molar-refractivity contribution in [3.8, 4) is 0 Å². The summed E-state index contributed by atoms with van der Waals surface area (Å²) in [6.07, 6.45) is -5.20. The van der Waals surface area contributed by atoms with Crippen LogP contribution in [0.2, 0.25) is 5.02 Å². The van der Waals surface area contributed by atoms with Crippen LogP contribution in [0.1, 0.15) is 30.6 Å². The minimum Gasteiger partial charge on any atom is -0.447 e. The van der Waals surface area contributed by atoms with Gasteiger partial charge in [-0.1, -0.05) is 48.9 Å². The van der Waals surface area contributed by atoms with Crippen molar-refractivity contribution >= 4 is 29.2 Å². The Labute approximate surface area is 164 Å². The van der Waals surface area contributed by atoms with Crippen molar-refractivity contribution in [2.75, 3.05) is 5.32 Å². The molecule has 1 fully saturated rings. The number of anilines is 1. The molecular formula is C20H17ClF3NO3. The monoisotopic (exact) mass is 411 g/mol. The molecule has 1 aliphatic rings. The van der Waals surface area contributed by atoms with Crippen LogP contribution < -0.4 is 5.32 Å². The second-order valence-electron chi connectivity index (χ2n) is 6.73. The number of halogens is 4. The van der Waals surface area contributed by atoms with Crippen LogP contribution in [-0.2, 0) is 20.5 Å². The Hall–Kier alpha value is -2.54. The van der Waals surface area contributed by atoms with Gasteiger partial charge in [-0.3, -0.25) is 9.59 Å². The highest BCUT2D eigenvalue weighted by atomic mass is 35.5. The first-order chi connectivity index (χ1) is 13.2. The van der Waals surface area contributed by atoms with Crippen LogP contribution in [0.15, 0.2) is 48.5 Å². The van der Waals surface area contributed by atoms with Crippen molar-refractivity contribution in [2.45, 2.75) is 25.6 Å². The summed E-state index contributed by atoms with van der Waals surface area (Å²) in [6.45, 7) is 1.89. The smallest absolute Gasteiger partial charge is 0.416 e. The third-order valence-electron chi connectivity index (χ3n) is 4.54. The molecule has 2 aromatic rings. The molecule has 4 nitrogen and oxygen atoms in total. The van der Waals surface area contributed by atoms with E-state index < -0.39 is 29.7 Å². The zero-order valence-electron chi connectivity index (χ0n) is 14.8. The lowest BCUT2D eigenvalue weighted by Gasteiger charge is -2.19. The molecule has 0 unspecified atom stereocenters. The maximum atomic E-state index is 12.9. The van der Waals surface area contributed by atoms with Crippen LogP contribution in [0, 0.1) is 11.8 Å². The van der Waals surface area contributed by atoms with Crippen LogP contribution in [0.3, 0.4) is 0 Å². The molecule has 0 bridgehead atoms. The van der Waals surface area contributed by atoms with E-state index in [4.69, 9.17) is 16.3 Å². The first-order valence-corrected chi connectivity index (χ1v) is 8.97. The van der Waals surface area contributed by atoms with E-state index in [1.807, 2.05) is 6.92 Å². The summed E-state index contributed by atoms with van der Waals surface area (Å²) >= 11 is 5.94. The van der Waals surface area contributed by atoms with Crippen molar-refractivity contribution in [3.05, 3.63) is 64.7 Å². The Morgan fingerprint density at radius 2 is 1.82 bits per heavy atom. The Morgan fingerprint density at radius 3 is 2.39 bits per heavy atom. The number of benzene rings is 2. The Morgan fingerprint density at radius 1 is 1.18 bits per heavy atom. The summed E-state index contributed by atoms with van der Waals surface area (Å²) in [7, 11) is 0. The molecule has 2 aromatic carbocycles. The van der Waals surface area contributed by atoms with Gasteiger partial charge in [-0.15, -0.1) is 0 Å². The summed E-state index contributed by atoms with van der Waals surface area (Å²) in [6, 6.07) is 10.9. The number of hydrogen-bond donors (Lipinski definition) is 1. The average Bonchev–Trinajstić information content (AvgIpc) is 3.38. The average molecular weight is 412 g/mol. The molecule has 0 aromatic heterocycles. The van der Waals surface area contributed by atoms with Crippen molar-refractivity contribution in [3.63, 3.8) is 0 Å². The highest BCUT2D eigenvalue weighted by Gasteiger charge is 2.42.